The standard InChI is InChI=1S/C15H23N3O4/c1-18(2)9-8-16-12(15(20)21)10-14(19)17-11-6-4-5-7-13(11)22-3/h4-7,12,16H,8-10H2,1-3H3,(H,17,19)(H,20,21)/p+1/t12-/m0/s1. The van der Waals surface area contributed by atoms with Crippen molar-refractivity contribution in [3.63, 3.8) is 0 Å². The molecule has 0 aliphatic carbocycles. The number of hydrogen-bond donors (Lipinski definition) is 3. The molecule has 1 amide bonds. The minimum atomic E-state index is -1.23. The van der Waals surface area contributed by atoms with Gasteiger partial charge in [-0.25, -0.2) is 0 Å². The van der Waals surface area contributed by atoms with Crippen LogP contribution in [-0.4, -0.2) is 52.2 Å². The van der Waals surface area contributed by atoms with Gasteiger partial charge in [0.2, 0.25) is 5.91 Å². The minimum Gasteiger partial charge on any atom is -0.544 e. The smallest absolute Gasteiger partial charge is 0.230 e. The summed E-state index contributed by atoms with van der Waals surface area (Å²) >= 11 is 0. The van der Waals surface area contributed by atoms with Gasteiger partial charge in [-0.05, 0) is 12.1 Å². The van der Waals surface area contributed by atoms with Gasteiger partial charge in [0.25, 0.3) is 0 Å². The first-order valence-electron chi connectivity index (χ1n) is 7.20. The van der Waals surface area contributed by atoms with E-state index in [4.69, 9.17) is 4.74 Å². The molecule has 22 heavy (non-hydrogen) atoms. The van der Waals surface area contributed by atoms with E-state index < -0.39 is 12.0 Å². The summed E-state index contributed by atoms with van der Waals surface area (Å²) in [7, 11) is 5.47. The Kier molecular flexibility index (Phi) is 7.34. The number of carboxylic acids is 1. The number of anilines is 1. The van der Waals surface area contributed by atoms with E-state index in [-0.39, 0.29) is 12.3 Å². The molecule has 0 aliphatic heterocycles. The Hall–Kier alpha value is -2.12. The van der Waals surface area contributed by atoms with Crippen LogP contribution in [0, 0.1) is 0 Å². The number of nitrogens with two attached hydrogens (primary N) is 1. The maximum atomic E-state index is 12.0. The van der Waals surface area contributed by atoms with Crippen LogP contribution in [0.4, 0.5) is 5.69 Å². The molecule has 4 N–H and O–H groups in total. The van der Waals surface area contributed by atoms with Crippen LogP contribution >= 0.6 is 0 Å². The molecule has 1 rings (SSSR count). The average Bonchev–Trinajstić information content (AvgIpc) is 2.46. The van der Waals surface area contributed by atoms with Crippen LogP contribution in [0.1, 0.15) is 6.42 Å². The number of methoxy groups -OCH3 is 1. The number of rotatable bonds is 9. The molecule has 122 valence electrons. The van der Waals surface area contributed by atoms with Gasteiger partial charge in [-0.1, -0.05) is 12.1 Å². The molecule has 0 spiro atoms. The number of carbonyl (C=O) groups excluding carboxylic acids is 2. The molecule has 7 heteroatoms. The lowest BCUT2D eigenvalue weighted by Crippen LogP contribution is -3.10. The first kappa shape index (κ1) is 17.9. The summed E-state index contributed by atoms with van der Waals surface area (Å²) in [6, 6.07) is 6.08. The monoisotopic (exact) mass is 310 g/mol. The molecule has 0 bridgehead atoms. The Morgan fingerprint density at radius 1 is 1.36 bits per heavy atom. The zero-order valence-corrected chi connectivity index (χ0v) is 13.2. The molecule has 1 aromatic carbocycles. The number of para-hydroxylation sites is 2. The van der Waals surface area contributed by atoms with E-state index >= 15 is 0 Å². The Labute approximate surface area is 130 Å². The van der Waals surface area contributed by atoms with Gasteiger partial charge in [0.05, 0.1) is 39.3 Å². The summed E-state index contributed by atoms with van der Waals surface area (Å²) in [5.41, 5.74) is 0.518. The number of hydrogen-bond acceptors (Lipinski definition) is 4. The number of aliphatic carboxylic acids is 1. The number of quaternary nitrogens is 2. The Balaban J connectivity index is 2.58. The minimum absolute atomic E-state index is 0.150. The molecule has 0 radical (unpaired) electrons. The summed E-state index contributed by atoms with van der Waals surface area (Å²) in [6.45, 7) is 1.42. The fourth-order valence-corrected chi connectivity index (χ4v) is 1.98. The van der Waals surface area contributed by atoms with Crippen molar-refractivity contribution in [2.75, 3.05) is 39.6 Å². The third kappa shape index (κ3) is 6.11. The normalized spacial score (nSPS) is 12.0. The van der Waals surface area contributed by atoms with Gasteiger partial charge >= 0.3 is 0 Å². The van der Waals surface area contributed by atoms with E-state index in [0.29, 0.717) is 18.0 Å². The van der Waals surface area contributed by atoms with E-state index in [0.717, 1.165) is 6.54 Å². The largest absolute Gasteiger partial charge is 0.544 e. The van der Waals surface area contributed by atoms with E-state index in [1.807, 2.05) is 14.1 Å². The summed E-state index contributed by atoms with van der Waals surface area (Å²) in [5, 5.41) is 15.4. The second-order valence-corrected chi connectivity index (χ2v) is 5.36. The second-order valence-electron chi connectivity index (χ2n) is 5.36. The highest BCUT2D eigenvalue weighted by atomic mass is 16.5. The van der Waals surface area contributed by atoms with Gasteiger partial charge in [-0.2, -0.15) is 0 Å². The van der Waals surface area contributed by atoms with E-state index in [1.54, 1.807) is 29.6 Å². The number of carboxylic acid groups (broad SMARTS) is 1. The first-order valence-corrected chi connectivity index (χ1v) is 7.20. The summed E-state index contributed by atoms with van der Waals surface area (Å²) < 4.78 is 5.14. The SMILES string of the molecule is COc1ccccc1NC(=O)C[C@H]([NH2+]CC[NH+](C)C)C(=O)[O-]. The molecule has 0 saturated heterocycles. The molecule has 0 aromatic heterocycles. The van der Waals surface area contributed by atoms with Crippen molar-refractivity contribution in [3.8, 4) is 5.75 Å². The van der Waals surface area contributed by atoms with Crippen LogP contribution in [0.2, 0.25) is 0 Å². The molecule has 0 fully saturated rings. The number of benzene rings is 1. The number of ether oxygens (including phenoxy) is 1. The molecule has 0 aliphatic rings. The quantitative estimate of drug-likeness (QED) is 0.448. The first-order chi connectivity index (χ1) is 10.4. The molecular formula is C15H24N3O4+. The van der Waals surface area contributed by atoms with Crippen LogP contribution in [-0.2, 0) is 9.59 Å². The number of carbonyl (C=O) groups is 2. The zero-order chi connectivity index (χ0) is 16.5. The molecular weight excluding hydrogens is 286 g/mol. The molecule has 0 heterocycles. The highest BCUT2D eigenvalue weighted by Gasteiger charge is 2.19. The molecule has 0 saturated carbocycles. The maximum absolute atomic E-state index is 12.0. The van der Waals surface area contributed by atoms with Crippen molar-refractivity contribution >= 4 is 17.6 Å². The maximum Gasteiger partial charge on any atom is 0.230 e. The van der Waals surface area contributed by atoms with Crippen molar-refractivity contribution < 1.29 is 29.6 Å². The van der Waals surface area contributed by atoms with Crippen LogP contribution < -0.4 is 25.4 Å². The lowest BCUT2D eigenvalue weighted by Gasteiger charge is -2.17. The lowest BCUT2D eigenvalue weighted by molar-refractivity contribution is -0.876. The second kappa shape index (κ2) is 9.01. The van der Waals surface area contributed by atoms with Crippen molar-refractivity contribution in [2.24, 2.45) is 0 Å². The van der Waals surface area contributed by atoms with Gasteiger partial charge in [-0.3, -0.25) is 4.79 Å². The third-order valence-corrected chi connectivity index (χ3v) is 3.18. The van der Waals surface area contributed by atoms with Gasteiger partial charge in [0, 0.05) is 0 Å². The fraction of sp³-hybridized carbons (Fsp3) is 0.467. The molecule has 1 aromatic rings. The van der Waals surface area contributed by atoms with Gasteiger partial charge < -0.3 is 30.2 Å². The van der Waals surface area contributed by atoms with Crippen molar-refractivity contribution in [1.82, 2.24) is 0 Å². The van der Waals surface area contributed by atoms with Crippen LogP contribution in [0.5, 0.6) is 5.75 Å². The predicted molar refractivity (Wildman–Crippen MR) is 79.5 cm³/mol. The highest BCUT2D eigenvalue weighted by Crippen LogP contribution is 2.22. The van der Waals surface area contributed by atoms with Gasteiger partial charge in [0.1, 0.15) is 24.9 Å². The van der Waals surface area contributed by atoms with Crippen LogP contribution in [0.3, 0.4) is 0 Å². The zero-order valence-electron chi connectivity index (χ0n) is 13.2. The summed E-state index contributed by atoms with van der Waals surface area (Å²) in [6.07, 6.45) is -0.150. The molecule has 0 unspecified atom stereocenters. The Morgan fingerprint density at radius 3 is 2.64 bits per heavy atom. The predicted octanol–water partition coefficient (Wildman–Crippen LogP) is -3.15. The number of likely N-dealkylation sites (N-methyl/N-ethyl adjacent to an activating group) is 1. The van der Waals surface area contributed by atoms with E-state index in [1.165, 1.54) is 12.0 Å². The summed E-state index contributed by atoms with van der Waals surface area (Å²) in [5.74, 6) is -1.09. The summed E-state index contributed by atoms with van der Waals surface area (Å²) in [4.78, 5) is 24.4. The van der Waals surface area contributed by atoms with Crippen molar-refractivity contribution in [1.29, 1.82) is 0 Å². The van der Waals surface area contributed by atoms with E-state index in [2.05, 4.69) is 5.32 Å². The Morgan fingerprint density at radius 2 is 2.05 bits per heavy atom. The van der Waals surface area contributed by atoms with Crippen LogP contribution in [0.15, 0.2) is 24.3 Å². The number of amides is 1. The highest BCUT2D eigenvalue weighted by molar-refractivity contribution is 5.94. The topological polar surface area (TPSA) is 99.5 Å². The van der Waals surface area contributed by atoms with Crippen LogP contribution in [0.25, 0.3) is 0 Å². The van der Waals surface area contributed by atoms with E-state index in [9.17, 15) is 14.7 Å². The fourth-order valence-electron chi connectivity index (χ4n) is 1.98. The van der Waals surface area contributed by atoms with Gasteiger partial charge in [-0.15, -0.1) is 0 Å². The average molecular weight is 310 g/mol. The van der Waals surface area contributed by atoms with Crippen molar-refractivity contribution in [2.45, 2.75) is 12.5 Å². The molecule has 1 atom stereocenters. The third-order valence-electron chi connectivity index (χ3n) is 3.18. The van der Waals surface area contributed by atoms with Crippen molar-refractivity contribution in [3.05, 3.63) is 24.3 Å². The van der Waals surface area contributed by atoms with Gasteiger partial charge in [0.15, 0.2) is 0 Å². The number of nitrogens with one attached hydrogen (secondary N) is 2. The lowest BCUT2D eigenvalue weighted by atomic mass is 10.2. The molecule has 7 nitrogen and oxygen atoms in total. The Bertz CT molecular complexity index is 505.